The van der Waals surface area contributed by atoms with Crippen LogP contribution < -0.4 is 4.74 Å². The fourth-order valence-electron chi connectivity index (χ4n) is 1.19. The van der Waals surface area contributed by atoms with Crippen LogP contribution >= 0.6 is 0 Å². The maximum atomic E-state index is 13.4. The Kier molecular flexibility index (Phi) is 4.88. The molecule has 0 saturated carbocycles. The fourth-order valence-corrected chi connectivity index (χ4v) is 1.19. The van der Waals surface area contributed by atoms with Gasteiger partial charge in [0.05, 0.1) is 18.7 Å². The summed E-state index contributed by atoms with van der Waals surface area (Å²) in [4.78, 5) is 11.0. The Morgan fingerprint density at radius 2 is 2.28 bits per heavy atom. The predicted octanol–water partition coefficient (Wildman–Crippen LogP) is 2.20. The zero-order valence-electron chi connectivity index (χ0n) is 10.1. The maximum absolute atomic E-state index is 13.4. The van der Waals surface area contributed by atoms with Gasteiger partial charge in [0, 0.05) is 5.57 Å². The number of carbonyl (C=O) groups is 1. The van der Waals surface area contributed by atoms with Gasteiger partial charge in [-0.2, -0.15) is 5.26 Å². The lowest BCUT2D eigenvalue weighted by Gasteiger charge is -2.05. The van der Waals surface area contributed by atoms with Crippen molar-refractivity contribution in [3.63, 3.8) is 0 Å². The first-order chi connectivity index (χ1) is 8.58. The molecule has 0 fully saturated rings. The van der Waals surface area contributed by atoms with Crippen LogP contribution in [0.3, 0.4) is 0 Å². The summed E-state index contributed by atoms with van der Waals surface area (Å²) in [6, 6.07) is 5.74. The number of esters is 1. The van der Waals surface area contributed by atoms with E-state index in [2.05, 4.69) is 4.74 Å². The third kappa shape index (κ3) is 3.59. The molecule has 0 aromatic heterocycles. The van der Waals surface area contributed by atoms with Crippen molar-refractivity contribution in [3.8, 4) is 11.8 Å². The van der Waals surface area contributed by atoms with Gasteiger partial charge in [0.2, 0.25) is 0 Å². The van der Waals surface area contributed by atoms with Crippen LogP contribution in [-0.2, 0) is 9.53 Å². The van der Waals surface area contributed by atoms with E-state index < -0.39 is 11.8 Å². The quantitative estimate of drug-likeness (QED) is 0.606. The summed E-state index contributed by atoms with van der Waals surface area (Å²) in [7, 11) is 1.28. The van der Waals surface area contributed by atoms with E-state index in [1.54, 1.807) is 6.92 Å². The van der Waals surface area contributed by atoms with Gasteiger partial charge < -0.3 is 9.47 Å². The highest BCUT2D eigenvalue weighted by Crippen LogP contribution is 2.18. The molecule has 0 aliphatic carbocycles. The minimum absolute atomic E-state index is 0.0305. The summed E-state index contributed by atoms with van der Waals surface area (Å²) in [5.41, 5.74) is 0.604. The van der Waals surface area contributed by atoms with Crippen LogP contribution in [0, 0.1) is 17.1 Å². The van der Waals surface area contributed by atoms with Gasteiger partial charge in [0.25, 0.3) is 0 Å². The molecule has 0 bridgehead atoms. The molecule has 0 heterocycles. The van der Waals surface area contributed by atoms with Gasteiger partial charge in [-0.25, -0.2) is 9.18 Å². The third-order valence-electron chi connectivity index (χ3n) is 2.20. The Morgan fingerprint density at radius 1 is 1.56 bits per heavy atom. The molecule has 5 heteroatoms. The van der Waals surface area contributed by atoms with Crippen LogP contribution in [0.4, 0.5) is 4.39 Å². The van der Waals surface area contributed by atoms with Crippen molar-refractivity contribution in [3.05, 3.63) is 41.2 Å². The number of hydrogen-bond donors (Lipinski definition) is 0. The number of carbonyl (C=O) groups excluding carboxylic acids is 1. The molecule has 0 atom stereocenters. The Morgan fingerprint density at radius 3 is 2.83 bits per heavy atom. The lowest BCUT2D eigenvalue weighted by atomic mass is 10.2. The third-order valence-corrected chi connectivity index (χ3v) is 2.20. The first-order valence-electron chi connectivity index (χ1n) is 5.16. The van der Waals surface area contributed by atoms with Crippen molar-refractivity contribution >= 4 is 5.97 Å². The number of rotatable bonds is 4. The highest BCUT2D eigenvalue weighted by molar-refractivity contribution is 5.87. The van der Waals surface area contributed by atoms with Gasteiger partial charge in [-0.3, -0.25) is 0 Å². The van der Waals surface area contributed by atoms with E-state index in [1.165, 1.54) is 25.3 Å². The van der Waals surface area contributed by atoms with Crippen molar-refractivity contribution in [2.45, 2.75) is 6.92 Å². The van der Waals surface area contributed by atoms with E-state index in [0.717, 1.165) is 6.07 Å². The standard InChI is InChI=1S/C13H12FNO3/c1-9(13(16)17-2)5-6-18-12-4-3-10(8-15)7-11(12)14/h3-5,7H,6H2,1-2H3/b9-5+. The number of methoxy groups -OCH3 is 1. The van der Waals surface area contributed by atoms with E-state index in [9.17, 15) is 9.18 Å². The molecule has 0 aliphatic rings. The summed E-state index contributed by atoms with van der Waals surface area (Å²) in [5, 5.41) is 8.57. The largest absolute Gasteiger partial charge is 0.486 e. The molecular formula is C13H12FNO3. The average molecular weight is 249 g/mol. The van der Waals surface area contributed by atoms with E-state index in [4.69, 9.17) is 10.00 Å². The predicted molar refractivity (Wildman–Crippen MR) is 62.4 cm³/mol. The number of halogens is 1. The molecule has 18 heavy (non-hydrogen) atoms. The smallest absolute Gasteiger partial charge is 0.333 e. The van der Waals surface area contributed by atoms with Gasteiger partial charge in [-0.1, -0.05) is 0 Å². The van der Waals surface area contributed by atoms with Gasteiger partial charge >= 0.3 is 5.97 Å². The van der Waals surface area contributed by atoms with Crippen molar-refractivity contribution in [2.24, 2.45) is 0 Å². The molecule has 0 unspecified atom stereocenters. The molecule has 0 saturated heterocycles. The van der Waals surface area contributed by atoms with Crippen LogP contribution in [0.25, 0.3) is 0 Å². The summed E-state index contributed by atoms with van der Waals surface area (Å²) in [6.45, 7) is 1.62. The molecule has 0 radical (unpaired) electrons. The van der Waals surface area contributed by atoms with Crippen molar-refractivity contribution in [1.82, 2.24) is 0 Å². The highest BCUT2D eigenvalue weighted by Gasteiger charge is 2.05. The molecule has 4 nitrogen and oxygen atoms in total. The summed E-state index contributed by atoms with van der Waals surface area (Å²) >= 11 is 0. The molecule has 94 valence electrons. The molecule has 1 aromatic rings. The number of hydrogen-bond acceptors (Lipinski definition) is 4. The molecule has 0 N–H and O–H groups in total. The number of benzene rings is 1. The van der Waals surface area contributed by atoms with Gasteiger partial charge in [-0.05, 0) is 31.2 Å². The molecule has 0 aliphatic heterocycles. The summed E-state index contributed by atoms with van der Waals surface area (Å²) in [6.07, 6.45) is 1.49. The van der Waals surface area contributed by atoms with Crippen LogP contribution in [0.15, 0.2) is 29.8 Å². The zero-order chi connectivity index (χ0) is 13.5. The Hall–Kier alpha value is -2.35. The number of nitriles is 1. The van der Waals surface area contributed by atoms with Crippen molar-refractivity contribution in [2.75, 3.05) is 13.7 Å². The summed E-state index contributed by atoms with van der Waals surface area (Å²) < 4.78 is 23.0. The lowest BCUT2D eigenvalue weighted by Crippen LogP contribution is -2.04. The van der Waals surface area contributed by atoms with Crippen molar-refractivity contribution in [1.29, 1.82) is 5.26 Å². The van der Waals surface area contributed by atoms with E-state index >= 15 is 0 Å². The topological polar surface area (TPSA) is 59.3 Å². The Balaban J connectivity index is 2.65. The minimum atomic E-state index is -0.613. The Bertz CT molecular complexity index is 517. The van der Waals surface area contributed by atoms with Crippen LogP contribution in [-0.4, -0.2) is 19.7 Å². The average Bonchev–Trinajstić information content (AvgIpc) is 2.39. The molecule has 1 rings (SSSR count). The second kappa shape index (κ2) is 6.40. The Labute approximate surface area is 104 Å². The van der Waals surface area contributed by atoms with E-state index in [0.29, 0.717) is 5.57 Å². The first-order valence-corrected chi connectivity index (χ1v) is 5.16. The monoisotopic (exact) mass is 249 g/mol. The van der Waals surface area contributed by atoms with E-state index in [-0.39, 0.29) is 17.9 Å². The van der Waals surface area contributed by atoms with Gasteiger partial charge in [-0.15, -0.1) is 0 Å². The second-order valence-corrected chi connectivity index (χ2v) is 3.45. The van der Waals surface area contributed by atoms with Crippen molar-refractivity contribution < 1.29 is 18.7 Å². The SMILES string of the molecule is COC(=O)/C(C)=C/COc1ccc(C#N)cc1F. The maximum Gasteiger partial charge on any atom is 0.333 e. The van der Waals surface area contributed by atoms with Gasteiger partial charge in [0.1, 0.15) is 6.61 Å². The first kappa shape index (κ1) is 13.7. The van der Waals surface area contributed by atoms with Gasteiger partial charge in [0.15, 0.2) is 11.6 Å². The second-order valence-electron chi connectivity index (χ2n) is 3.45. The number of nitrogens with zero attached hydrogens (tertiary/aromatic N) is 1. The number of ether oxygens (including phenoxy) is 2. The highest BCUT2D eigenvalue weighted by atomic mass is 19.1. The van der Waals surface area contributed by atoms with E-state index in [1.807, 2.05) is 6.07 Å². The van der Waals surface area contributed by atoms with Crippen LogP contribution in [0.5, 0.6) is 5.75 Å². The molecule has 1 aromatic carbocycles. The zero-order valence-corrected chi connectivity index (χ0v) is 10.1. The molecular weight excluding hydrogens is 237 g/mol. The van der Waals surface area contributed by atoms with Crippen LogP contribution in [0.2, 0.25) is 0 Å². The van der Waals surface area contributed by atoms with Crippen LogP contribution in [0.1, 0.15) is 12.5 Å². The lowest BCUT2D eigenvalue weighted by molar-refractivity contribution is -0.136. The normalized spacial score (nSPS) is 10.7. The molecule has 0 amide bonds. The minimum Gasteiger partial charge on any atom is -0.486 e. The molecule has 0 spiro atoms. The summed E-state index contributed by atoms with van der Waals surface area (Å²) in [5.74, 6) is -1.04. The fraction of sp³-hybridized carbons (Fsp3) is 0.231.